The Kier molecular flexibility index (Phi) is 5.13. The number of nitrogens with two attached hydrogens (primary N) is 1. The van der Waals surface area contributed by atoms with Crippen molar-refractivity contribution >= 4 is 11.4 Å². The van der Waals surface area contributed by atoms with Crippen LogP contribution in [0.25, 0.3) is 0 Å². The molecule has 0 saturated heterocycles. The fourth-order valence-electron chi connectivity index (χ4n) is 1.98. The summed E-state index contributed by atoms with van der Waals surface area (Å²) in [5.41, 5.74) is 7.72. The monoisotopic (exact) mass is 236 g/mol. The van der Waals surface area contributed by atoms with Crippen LogP contribution in [0, 0.1) is 5.92 Å². The van der Waals surface area contributed by atoms with Gasteiger partial charge in [0.25, 0.3) is 0 Å². The molecule has 0 aliphatic carbocycles. The van der Waals surface area contributed by atoms with Gasteiger partial charge in [-0.3, -0.25) is 0 Å². The molecule has 1 aromatic rings. The maximum absolute atomic E-state index is 6.06. The summed E-state index contributed by atoms with van der Waals surface area (Å²) in [4.78, 5) is 0. The molecule has 3 N–H and O–H groups in total. The lowest BCUT2D eigenvalue weighted by Gasteiger charge is -2.19. The molecule has 3 heteroatoms. The summed E-state index contributed by atoms with van der Waals surface area (Å²) in [5, 5.41) is 3.44. The van der Waals surface area contributed by atoms with Crippen LogP contribution in [0.3, 0.4) is 0 Å². The lowest BCUT2D eigenvalue weighted by atomic mass is 10.0. The van der Waals surface area contributed by atoms with E-state index in [1.807, 2.05) is 25.1 Å². The van der Waals surface area contributed by atoms with Gasteiger partial charge in [-0.1, -0.05) is 19.9 Å². The van der Waals surface area contributed by atoms with Crippen molar-refractivity contribution in [1.29, 1.82) is 0 Å². The fraction of sp³-hybridized carbons (Fsp3) is 0.571. The maximum atomic E-state index is 6.06. The second-order valence-corrected chi connectivity index (χ2v) is 4.83. The molecule has 0 amide bonds. The van der Waals surface area contributed by atoms with Crippen molar-refractivity contribution in [3.05, 3.63) is 18.2 Å². The van der Waals surface area contributed by atoms with Crippen LogP contribution in [-0.4, -0.2) is 12.6 Å². The average molecular weight is 236 g/mol. The van der Waals surface area contributed by atoms with E-state index >= 15 is 0 Å². The summed E-state index contributed by atoms with van der Waals surface area (Å²) in [7, 11) is 0. The Morgan fingerprint density at radius 3 is 2.59 bits per heavy atom. The molecule has 0 aromatic heterocycles. The van der Waals surface area contributed by atoms with Gasteiger partial charge in [0.05, 0.1) is 18.0 Å². The third-order valence-corrected chi connectivity index (χ3v) is 2.59. The molecule has 0 aliphatic rings. The smallest absolute Gasteiger partial charge is 0.144 e. The first-order chi connectivity index (χ1) is 8.04. The number of nitrogen functional groups attached to an aromatic ring is 1. The van der Waals surface area contributed by atoms with Crippen molar-refractivity contribution in [2.45, 2.75) is 40.2 Å². The highest BCUT2D eigenvalue weighted by Gasteiger charge is 2.09. The Bertz CT molecular complexity index is 350. The Morgan fingerprint density at radius 1 is 1.29 bits per heavy atom. The van der Waals surface area contributed by atoms with E-state index in [1.54, 1.807) is 0 Å². The molecular formula is C14H24N2O. The maximum Gasteiger partial charge on any atom is 0.144 e. The number of para-hydroxylation sites is 1. The summed E-state index contributed by atoms with van der Waals surface area (Å²) in [6, 6.07) is 6.27. The number of hydrogen-bond acceptors (Lipinski definition) is 3. The molecule has 0 heterocycles. The van der Waals surface area contributed by atoms with Crippen molar-refractivity contribution < 1.29 is 4.74 Å². The van der Waals surface area contributed by atoms with Gasteiger partial charge in [-0.2, -0.15) is 0 Å². The van der Waals surface area contributed by atoms with Gasteiger partial charge in [-0.15, -0.1) is 0 Å². The highest BCUT2D eigenvalue weighted by atomic mass is 16.5. The van der Waals surface area contributed by atoms with Gasteiger partial charge in [-0.05, 0) is 38.3 Å². The summed E-state index contributed by atoms with van der Waals surface area (Å²) < 4.78 is 5.47. The predicted molar refractivity (Wildman–Crippen MR) is 74.6 cm³/mol. The Morgan fingerprint density at radius 2 is 2.00 bits per heavy atom. The summed E-state index contributed by atoms with van der Waals surface area (Å²) in [6.45, 7) is 9.21. The van der Waals surface area contributed by atoms with Gasteiger partial charge in [0.2, 0.25) is 0 Å². The van der Waals surface area contributed by atoms with E-state index in [9.17, 15) is 0 Å². The van der Waals surface area contributed by atoms with Crippen LogP contribution < -0.4 is 15.8 Å². The second-order valence-electron chi connectivity index (χ2n) is 4.83. The number of anilines is 2. The predicted octanol–water partition coefficient (Wildman–Crippen LogP) is 3.51. The van der Waals surface area contributed by atoms with Crippen molar-refractivity contribution in [2.24, 2.45) is 5.92 Å². The summed E-state index contributed by atoms with van der Waals surface area (Å²) >= 11 is 0. The van der Waals surface area contributed by atoms with Crippen LogP contribution in [0.1, 0.15) is 34.1 Å². The summed E-state index contributed by atoms with van der Waals surface area (Å²) in [6.07, 6.45) is 1.12. The fourth-order valence-corrected chi connectivity index (χ4v) is 1.98. The molecule has 1 aromatic carbocycles. The zero-order valence-corrected chi connectivity index (χ0v) is 11.3. The number of benzene rings is 1. The third-order valence-electron chi connectivity index (χ3n) is 2.59. The zero-order valence-electron chi connectivity index (χ0n) is 11.3. The van der Waals surface area contributed by atoms with Gasteiger partial charge >= 0.3 is 0 Å². The lowest BCUT2D eigenvalue weighted by Crippen LogP contribution is -2.18. The van der Waals surface area contributed by atoms with Crippen LogP contribution in [0.5, 0.6) is 5.75 Å². The van der Waals surface area contributed by atoms with E-state index in [0.29, 0.717) is 24.3 Å². The van der Waals surface area contributed by atoms with Crippen LogP contribution in [0.4, 0.5) is 11.4 Å². The summed E-state index contributed by atoms with van der Waals surface area (Å²) in [5.74, 6) is 1.43. The van der Waals surface area contributed by atoms with Crippen molar-refractivity contribution in [2.75, 3.05) is 17.7 Å². The van der Waals surface area contributed by atoms with Crippen molar-refractivity contribution in [3.8, 4) is 5.75 Å². The van der Waals surface area contributed by atoms with Crippen molar-refractivity contribution in [3.63, 3.8) is 0 Å². The molecule has 96 valence electrons. The van der Waals surface area contributed by atoms with E-state index in [2.05, 4.69) is 26.1 Å². The van der Waals surface area contributed by atoms with Gasteiger partial charge in [0.15, 0.2) is 0 Å². The van der Waals surface area contributed by atoms with E-state index in [1.165, 1.54) is 0 Å². The van der Waals surface area contributed by atoms with E-state index in [0.717, 1.165) is 17.9 Å². The van der Waals surface area contributed by atoms with E-state index in [-0.39, 0.29) is 0 Å². The third kappa shape index (κ3) is 4.17. The van der Waals surface area contributed by atoms with Gasteiger partial charge in [0, 0.05) is 6.04 Å². The minimum absolute atomic E-state index is 0.411. The molecule has 0 saturated carbocycles. The van der Waals surface area contributed by atoms with Crippen LogP contribution in [0.2, 0.25) is 0 Å². The normalized spacial score (nSPS) is 12.5. The first-order valence-electron chi connectivity index (χ1n) is 6.32. The van der Waals surface area contributed by atoms with Crippen LogP contribution in [-0.2, 0) is 0 Å². The SMILES string of the molecule is CCOc1cccc(NC(C)CC(C)C)c1N. The van der Waals surface area contributed by atoms with E-state index in [4.69, 9.17) is 10.5 Å². The number of nitrogens with one attached hydrogen (secondary N) is 1. The second kappa shape index (κ2) is 6.38. The average Bonchev–Trinajstić information content (AvgIpc) is 2.23. The number of ether oxygens (including phenoxy) is 1. The highest BCUT2D eigenvalue weighted by Crippen LogP contribution is 2.30. The highest BCUT2D eigenvalue weighted by molar-refractivity contribution is 5.73. The molecule has 3 nitrogen and oxygen atoms in total. The minimum Gasteiger partial charge on any atom is -0.492 e. The van der Waals surface area contributed by atoms with Gasteiger partial charge < -0.3 is 15.8 Å². The molecule has 0 aliphatic heterocycles. The quantitative estimate of drug-likeness (QED) is 0.743. The van der Waals surface area contributed by atoms with E-state index < -0.39 is 0 Å². The molecule has 0 spiro atoms. The molecular weight excluding hydrogens is 212 g/mol. The van der Waals surface area contributed by atoms with Gasteiger partial charge in [-0.25, -0.2) is 0 Å². The molecule has 1 rings (SSSR count). The Balaban J connectivity index is 2.73. The van der Waals surface area contributed by atoms with Gasteiger partial charge in [0.1, 0.15) is 5.75 Å². The zero-order chi connectivity index (χ0) is 12.8. The Hall–Kier alpha value is -1.38. The number of rotatable bonds is 6. The molecule has 17 heavy (non-hydrogen) atoms. The number of hydrogen-bond donors (Lipinski definition) is 2. The molecule has 0 fully saturated rings. The molecule has 1 unspecified atom stereocenters. The first-order valence-corrected chi connectivity index (χ1v) is 6.32. The Labute approximate surface area is 104 Å². The van der Waals surface area contributed by atoms with Crippen molar-refractivity contribution in [1.82, 2.24) is 0 Å². The standard InChI is InChI=1S/C14H24N2O/c1-5-17-13-8-6-7-12(14(13)15)16-11(4)9-10(2)3/h6-8,10-11,16H,5,9,15H2,1-4H3. The van der Waals surface area contributed by atoms with Crippen LogP contribution in [0.15, 0.2) is 18.2 Å². The lowest BCUT2D eigenvalue weighted by molar-refractivity contribution is 0.342. The molecule has 0 bridgehead atoms. The topological polar surface area (TPSA) is 47.3 Å². The largest absolute Gasteiger partial charge is 0.492 e. The molecule has 1 atom stereocenters. The van der Waals surface area contributed by atoms with Crippen LogP contribution >= 0.6 is 0 Å². The first kappa shape index (κ1) is 13.7. The molecule has 0 radical (unpaired) electrons. The minimum atomic E-state index is 0.411.